The zero-order valence-corrected chi connectivity index (χ0v) is 14.6. The minimum Gasteiger partial charge on any atom is -0.493 e. The van der Waals surface area contributed by atoms with Crippen LogP contribution >= 0.6 is 31.9 Å². The molecule has 1 aliphatic heterocycles. The van der Waals surface area contributed by atoms with Gasteiger partial charge >= 0.3 is 0 Å². The van der Waals surface area contributed by atoms with Crippen LogP contribution < -0.4 is 10.1 Å². The Bertz CT molecular complexity index is 736. The maximum absolute atomic E-state index is 13.8. The number of fused-ring (bicyclic) bond motifs is 1. The summed E-state index contributed by atoms with van der Waals surface area (Å²) in [7, 11) is 0. The molecule has 114 valence electrons. The highest BCUT2D eigenvalue weighted by molar-refractivity contribution is 9.10. The van der Waals surface area contributed by atoms with E-state index in [1.807, 2.05) is 18.2 Å². The average Bonchev–Trinajstić information content (AvgIpc) is 2.50. The first-order valence-electron chi connectivity index (χ1n) is 6.73. The second kappa shape index (κ2) is 6.38. The van der Waals surface area contributed by atoms with Gasteiger partial charge in [-0.3, -0.25) is 4.79 Å². The van der Waals surface area contributed by atoms with Gasteiger partial charge in [0.25, 0.3) is 5.91 Å². The maximum atomic E-state index is 13.8. The number of nitrogens with one attached hydrogen (secondary N) is 1. The Morgan fingerprint density at radius 1 is 1.18 bits per heavy atom. The van der Waals surface area contributed by atoms with Crippen LogP contribution in [0, 0.1) is 5.82 Å². The van der Waals surface area contributed by atoms with E-state index >= 15 is 0 Å². The van der Waals surface area contributed by atoms with Crippen molar-refractivity contribution in [2.45, 2.75) is 12.5 Å². The van der Waals surface area contributed by atoms with Crippen molar-refractivity contribution < 1.29 is 13.9 Å². The van der Waals surface area contributed by atoms with E-state index in [1.54, 1.807) is 6.07 Å². The number of benzene rings is 2. The fourth-order valence-electron chi connectivity index (χ4n) is 2.42. The highest BCUT2D eigenvalue weighted by Crippen LogP contribution is 2.34. The third kappa shape index (κ3) is 3.17. The van der Waals surface area contributed by atoms with E-state index in [4.69, 9.17) is 4.74 Å². The quantitative estimate of drug-likeness (QED) is 0.758. The lowest BCUT2D eigenvalue weighted by atomic mass is 10.00. The lowest BCUT2D eigenvalue weighted by Gasteiger charge is -2.27. The Labute approximate surface area is 144 Å². The third-order valence-corrected chi connectivity index (χ3v) is 4.48. The van der Waals surface area contributed by atoms with Crippen LogP contribution in [0.15, 0.2) is 45.3 Å². The zero-order chi connectivity index (χ0) is 15.7. The second-order valence-electron chi connectivity index (χ2n) is 4.97. The Morgan fingerprint density at radius 2 is 1.91 bits per heavy atom. The molecule has 0 radical (unpaired) electrons. The normalized spacial score (nSPS) is 16.6. The molecule has 0 saturated carbocycles. The molecule has 1 unspecified atom stereocenters. The van der Waals surface area contributed by atoms with Gasteiger partial charge in [0.2, 0.25) is 0 Å². The fraction of sp³-hybridized carbons (Fsp3) is 0.188. The fourth-order valence-corrected chi connectivity index (χ4v) is 3.16. The molecule has 1 aliphatic rings. The Balaban J connectivity index is 1.87. The van der Waals surface area contributed by atoms with Crippen LogP contribution in [0.2, 0.25) is 0 Å². The molecule has 0 saturated heterocycles. The van der Waals surface area contributed by atoms with E-state index in [0.717, 1.165) is 15.8 Å². The van der Waals surface area contributed by atoms with Crippen molar-refractivity contribution in [3.63, 3.8) is 0 Å². The van der Waals surface area contributed by atoms with Crippen molar-refractivity contribution in [1.29, 1.82) is 0 Å². The lowest BCUT2D eigenvalue weighted by molar-refractivity contribution is 0.0920. The molecule has 3 rings (SSSR count). The minimum absolute atomic E-state index is 0.0254. The molecule has 0 spiro atoms. The van der Waals surface area contributed by atoms with Crippen LogP contribution in [0.5, 0.6) is 5.75 Å². The van der Waals surface area contributed by atoms with E-state index < -0.39 is 11.7 Å². The van der Waals surface area contributed by atoms with Crippen molar-refractivity contribution in [1.82, 2.24) is 5.32 Å². The van der Waals surface area contributed by atoms with Gasteiger partial charge in [-0.1, -0.05) is 31.9 Å². The Morgan fingerprint density at radius 3 is 2.73 bits per heavy atom. The Hall–Kier alpha value is -1.40. The van der Waals surface area contributed by atoms with Crippen molar-refractivity contribution in [3.05, 3.63) is 62.3 Å². The average molecular weight is 429 g/mol. The van der Waals surface area contributed by atoms with E-state index in [2.05, 4.69) is 37.2 Å². The summed E-state index contributed by atoms with van der Waals surface area (Å²) in [6.07, 6.45) is 0.644. The summed E-state index contributed by atoms with van der Waals surface area (Å²) in [5, 5.41) is 2.89. The van der Waals surface area contributed by atoms with Crippen molar-refractivity contribution in [2.24, 2.45) is 0 Å². The van der Waals surface area contributed by atoms with Gasteiger partial charge in [0, 0.05) is 20.9 Å². The van der Waals surface area contributed by atoms with Gasteiger partial charge in [0.1, 0.15) is 11.6 Å². The van der Waals surface area contributed by atoms with Gasteiger partial charge in [0.05, 0.1) is 18.2 Å². The molecular weight excluding hydrogens is 417 g/mol. The second-order valence-corrected chi connectivity index (χ2v) is 6.80. The van der Waals surface area contributed by atoms with Crippen LogP contribution in [0.1, 0.15) is 28.4 Å². The number of rotatable bonds is 2. The summed E-state index contributed by atoms with van der Waals surface area (Å²) < 4.78 is 21.0. The number of ether oxygens (including phenoxy) is 1. The topological polar surface area (TPSA) is 38.3 Å². The third-order valence-electron chi connectivity index (χ3n) is 3.49. The van der Waals surface area contributed by atoms with Gasteiger partial charge < -0.3 is 10.1 Å². The van der Waals surface area contributed by atoms with Crippen LogP contribution in [0.3, 0.4) is 0 Å². The first kappa shape index (κ1) is 15.5. The van der Waals surface area contributed by atoms with Crippen LogP contribution in [0.25, 0.3) is 0 Å². The van der Waals surface area contributed by atoms with Crippen LogP contribution in [-0.4, -0.2) is 12.5 Å². The molecule has 0 fully saturated rings. The molecule has 0 bridgehead atoms. The number of hydrogen-bond acceptors (Lipinski definition) is 2. The van der Waals surface area contributed by atoms with Gasteiger partial charge in [-0.25, -0.2) is 4.39 Å². The summed E-state index contributed by atoms with van der Waals surface area (Å²) in [6.45, 7) is 0.514. The van der Waals surface area contributed by atoms with Gasteiger partial charge in [-0.05, 0) is 36.4 Å². The Kier molecular flexibility index (Phi) is 4.49. The van der Waals surface area contributed by atoms with Crippen molar-refractivity contribution >= 4 is 37.8 Å². The first-order valence-corrected chi connectivity index (χ1v) is 8.31. The molecule has 0 aromatic heterocycles. The predicted molar refractivity (Wildman–Crippen MR) is 88.6 cm³/mol. The molecular formula is C16H12Br2FNO2. The molecule has 3 nitrogen and oxygen atoms in total. The van der Waals surface area contributed by atoms with E-state index in [-0.39, 0.29) is 11.6 Å². The molecule has 1 heterocycles. The number of halogens is 3. The molecule has 0 aliphatic carbocycles. The number of carbonyl (C=O) groups is 1. The molecule has 6 heteroatoms. The number of hydrogen-bond donors (Lipinski definition) is 1. The summed E-state index contributed by atoms with van der Waals surface area (Å²) in [6, 6.07) is 9.77. The zero-order valence-electron chi connectivity index (χ0n) is 11.4. The molecule has 1 amide bonds. The summed E-state index contributed by atoms with van der Waals surface area (Å²) in [5.74, 6) is -0.228. The number of amides is 1. The monoisotopic (exact) mass is 427 g/mol. The van der Waals surface area contributed by atoms with Crippen molar-refractivity contribution in [3.8, 4) is 5.75 Å². The van der Waals surface area contributed by atoms with Crippen molar-refractivity contribution in [2.75, 3.05) is 6.61 Å². The summed E-state index contributed by atoms with van der Waals surface area (Å²) in [5.41, 5.74) is 0.918. The minimum atomic E-state index is -0.540. The smallest absolute Gasteiger partial charge is 0.254 e. The maximum Gasteiger partial charge on any atom is 0.254 e. The van der Waals surface area contributed by atoms with Gasteiger partial charge in [-0.2, -0.15) is 0 Å². The SMILES string of the molecule is O=C(NC1CCOc2ccc(Br)cc21)c1cc(Br)ccc1F. The van der Waals surface area contributed by atoms with E-state index in [0.29, 0.717) is 17.5 Å². The molecule has 2 aromatic carbocycles. The van der Waals surface area contributed by atoms with Gasteiger partial charge in [0.15, 0.2) is 0 Å². The van der Waals surface area contributed by atoms with E-state index in [1.165, 1.54) is 12.1 Å². The number of carbonyl (C=O) groups excluding carboxylic acids is 1. The molecule has 1 N–H and O–H groups in total. The molecule has 1 atom stereocenters. The standard InChI is InChI=1S/C16H12Br2FNO2/c17-9-1-3-13(19)11(7-9)16(21)20-14-5-6-22-15-4-2-10(18)8-12(14)15/h1-4,7-8,14H,5-6H2,(H,20,21). The van der Waals surface area contributed by atoms with Crippen LogP contribution in [-0.2, 0) is 0 Å². The highest BCUT2D eigenvalue weighted by Gasteiger charge is 2.24. The van der Waals surface area contributed by atoms with E-state index in [9.17, 15) is 9.18 Å². The molecule has 22 heavy (non-hydrogen) atoms. The summed E-state index contributed by atoms with van der Waals surface area (Å²) in [4.78, 5) is 12.4. The lowest BCUT2D eigenvalue weighted by Crippen LogP contribution is -2.32. The highest BCUT2D eigenvalue weighted by atomic mass is 79.9. The first-order chi connectivity index (χ1) is 10.5. The summed E-state index contributed by atoms with van der Waals surface area (Å²) >= 11 is 6.67. The largest absolute Gasteiger partial charge is 0.493 e. The molecule has 2 aromatic rings. The van der Waals surface area contributed by atoms with Crippen LogP contribution in [0.4, 0.5) is 4.39 Å². The predicted octanol–water partition coefficient (Wildman–Crippen LogP) is 4.60. The van der Waals surface area contributed by atoms with Gasteiger partial charge in [-0.15, -0.1) is 0 Å².